The lowest BCUT2D eigenvalue weighted by Gasteiger charge is -2.14. The normalized spacial score (nSPS) is 14.3. The summed E-state index contributed by atoms with van der Waals surface area (Å²) in [6, 6.07) is 3.86. The number of rotatable bonds is 1. The summed E-state index contributed by atoms with van der Waals surface area (Å²) in [6.07, 6.45) is 5.67. The maximum Gasteiger partial charge on any atom is 0.254 e. The molecule has 0 unspecified atom stereocenters. The van der Waals surface area contributed by atoms with Crippen molar-refractivity contribution in [3.05, 3.63) is 45.5 Å². The molecule has 0 fully saturated rings. The molecule has 0 aromatic carbocycles. The first-order chi connectivity index (χ1) is 8.75. The van der Waals surface area contributed by atoms with Crippen molar-refractivity contribution in [2.45, 2.75) is 32.6 Å². The average Bonchev–Trinajstić information content (AvgIpc) is 2.39. The molecule has 3 rings (SSSR count). The van der Waals surface area contributed by atoms with Crippen molar-refractivity contribution < 1.29 is 0 Å². The van der Waals surface area contributed by atoms with Crippen LogP contribution in [0.4, 0.5) is 0 Å². The van der Waals surface area contributed by atoms with Crippen LogP contribution >= 0.6 is 0 Å². The van der Waals surface area contributed by atoms with Crippen molar-refractivity contribution in [2.24, 2.45) is 0 Å². The first kappa shape index (κ1) is 11.1. The molecule has 0 radical (unpaired) electrons. The maximum absolute atomic E-state index is 12.0. The second-order valence-corrected chi connectivity index (χ2v) is 4.72. The smallest absolute Gasteiger partial charge is 0.254 e. The van der Waals surface area contributed by atoms with E-state index in [1.807, 2.05) is 19.1 Å². The summed E-state index contributed by atoms with van der Waals surface area (Å²) in [6.45, 7) is 1.97. The van der Waals surface area contributed by atoms with Crippen molar-refractivity contribution >= 4 is 0 Å². The monoisotopic (exact) mass is 241 g/mol. The van der Waals surface area contributed by atoms with Gasteiger partial charge in [-0.05, 0) is 44.2 Å². The Kier molecular flexibility index (Phi) is 2.70. The van der Waals surface area contributed by atoms with Crippen molar-refractivity contribution in [2.75, 3.05) is 0 Å². The molecule has 1 N–H and O–H groups in total. The van der Waals surface area contributed by atoms with Gasteiger partial charge in [0.25, 0.3) is 5.56 Å². The Labute approximate surface area is 105 Å². The van der Waals surface area contributed by atoms with Crippen LogP contribution in [0, 0.1) is 6.92 Å². The fourth-order valence-corrected chi connectivity index (χ4v) is 2.45. The van der Waals surface area contributed by atoms with E-state index in [-0.39, 0.29) is 5.56 Å². The first-order valence-corrected chi connectivity index (χ1v) is 6.30. The minimum Gasteiger partial charge on any atom is -0.305 e. The maximum atomic E-state index is 12.0. The molecule has 0 spiro atoms. The molecule has 4 heteroatoms. The van der Waals surface area contributed by atoms with Crippen LogP contribution in [0.25, 0.3) is 11.5 Å². The number of nitrogens with one attached hydrogen (secondary N) is 1. The zero-order valence-corrected chi connectivity index (χ0v) is 10.4. The molecule has 1 aliphatic rings. The van der Waals surface area contributed by atoms with Crippen LogP contribution in [0.5, 0.6) is 0 Å². The molecule has 2 aromatic heterocycles. The first-order valence-electron chi connectivity index (χ1n) is 6.30. The Morgan fingerprint density at radius 1 is 1.28 bits per heavy atom. The van der Waals surface area contributed by atoms with Gasteiger partial charge in [-0.1, -0.05) is 6.07 Å². The summed E-state index contributed by atoms with van der Waals surface area (Å²) in [5.41, 5.74) is 3.60. The standard InChI is InChI=1S/C14H15N3O/c1-9-5-4-8-15-12(9)13-16-11-7-3-2-6-10(11)14(18)17-13/h4-5,8H,2-3,6-7H2,1H3,(H,16,17,18). The van der Waals surface area contributed by atoms with Crippen LogP contribution in [0.3, 0.4) is 0 Å². The number of aromatic nitrogens is 3. The van der Waals surface area contributed by atoms with Crippen molar-refractivity contribution in [3.63, 3.8) is 0 Å². The number of nitrogens with zero attached hydrogens (tertiary/aromatic N) is 2. The molecule has 0 bridgehead atoms. The van der Waals surface area contributed by atoms with Crippen LogP contribution in [0.15, 0.2) is 23.1 Å². The van der Waals surface area contributed by atoms with E-state index in [1.165, 1.54) is 0 Å². The minimum absolute atomic E-state index is 0.000229. The number of aryl methyl sites for hydroxylation is 2. The van der Waals surface area contributed by atoms with Gasteiger partial charge in [-0.15, -0.1) is 0 Å². The highest BCUT2D eigenvalue weighted by molar-refractivity contribution is 5.54. The zero-order valence-electron chi connectivity index (χ0n) is 10.4. The van der Waals surface area contributed by atoms with E-state index >= 15 is 0 Å². The average molecular weight is 241 g/mol. The fraction of sp³-hybridized carbons (Fsp3) is 0.357. The Bertz CT molecular complexity index is 646. The van der Waals surface area contributed by atoms with Gasteiger partial charge in [-0.2, -0.15) is 0 Å². The van der Waals surface area contributed by atoms with Gasteiger partial charge in [0.1, 0.15) is 5.69 Å². The molecule has 0 amide bonds. The summed E-state index contributed by atoms with van der Waals surface area (Å²) in [5, 5.41) is 0. The largest absolute Gasteiger partial charge is 0.305 e. The summed E-state index contributed by atoms with van der Waals surface area (Å²) in [7, 11) is 0. The van der Waals surface area contributed by atoms with Crippen LogP contribution in [-0.4, -0.2) is 15.0 Å². The quantitative estimate of drug-likeness (QED) is 0.831. The molecule has 2 heterocycles. The van der Waals surface area contributed by atoms with Crippen molar-refractivity contribution in [1.29, 1.82) is 0 Å². The third-order valence-corrected chi connectivity index (χ3v) is 3.43. The van der Waals surface area contributed by atoms with Gasteiger partial charge < -0.3 is 4.98 Å². The summed E-state index contributed by atoms with van der Waals surface area (Å²) in [4.78, 5) is 23.8. The van der Waals surface area contributed by atoms with E-state index in [0.717, 1.165) is 48.2 Å². The van der Waals surface area contributed by atoms with Crippen LogP contribution in [-0.2, 0) is 12.8 Å². The number of aromatic amines is 1. The third-order valence-electron chi connectivity index (χ3n) is 3.43. The Balaban J connectivity index is 2.17. The lowest BCUT2D eigenvalue weighted by molar-refractivity contribution is 0.657. The molecular formula is C14H15N3O. The van der Waals surface area contributed by atoms with E-state index in [1.54, 1.807) is 6.20 Å². The van der Waals surface area contributed by atoms with Crippen LogP contribution in [0.2, 0.25) is 0 Å². The van der Waals surface area contributed by atoms with Crippen molar-refractivity contribution in [3.8, 4) is 11.5 Å². The van der Waals surface area contributed by atoms with E-state index in [0.29, 0.717) is 5.82 Å². The van der Waals surface area contributed by atoms with Crippen LogP contribution in [0.1, 0.15) is 29.7 Å². The van der Waals surface area contributed by atoms with Gasteiger partial charge in [0.2, 0.25) is 0 Å². The Morgan fingerprint density at radius 3 is 2.94 bits per heavy atom. The zero-order chi connectivity index (χ0) is 12.5. The second kappa shape index (κ2) is 4.37. The van der Waals surface area contributed by atoms with Crippen molar-refractivity contribution in [1.82, 2.24) is 15.0 Å². The van der Waals surface area contributed by atoms with E-state index in [2.05, 4.69) is 15.0 Å². The second-order valence-electron chi connectivity index (χ2n) is 4.72. The Hall–Kier alpha value is -1.97. The molecule has 0 saturated heterocycles. The predicted octanol–water partition coefficient (Wildman–Crippen LogP) is 2.02. The number of hydrogen-bond acceptors (Lipinski definition) is 3. The summed E-state index contributed by atoms with van der Waals surface area (Å²) < 4.78 is 0. The molecule has 0 saturated carbocycles. The van der Waals surface area contributed by atoms with Gasteiger partial charge in [0, 0.05) is 11.8 Å². The van der Waals surface area contributed by atoms with E-state index in [9.17, 15) is 4.79 Å². The highest BCUT2D eigenvalue weighted by Crippen LogP contribution is 2.20. The molecular weight excluding hydrogens is 226 g/mol. The van der Waals surface area contributed by atoms with Gasteiger partial charge in [0.05, 0.1) is 5.69 Å². The molecule has 2 aromatic rings. The number of pyridine rings is 1. The lowest BCUT2D eigenvalue weighted by atomic mass is 9.97. The van der Waals surface area contributed by atoms with E-state index < -0.39 is 0 Å². The SMILES string of the molecule is Cc1cccnc1-c1nc2c(c(=O)[nH]1)CCCC2. The lowest BCUT2D eigenvalue weighted by Crippen LogP contribution is -2.21. The van der Waals surface area contributed by atoms with Gasteiger partial charge in [0.15, 0.2) is 5.82 Å². The number of hydrogen-bond donors (Lipinski definition) is 1. The van der Waals surface area contributed by atoms with Crippen LogP contribution < -0.4 is 5.56 Å². The molecule has 18 heavy (non-hydrogen) atoms. The summed E-state index contributed by atoms with van der Waals surface area (Å²) >= 11 is 0. The Morgan fingerprint density at radius 2 is 2.11 bits per heavy atom. The molecule has 1 aliphatic carbocycles. The number of fused-ring (bicyclic) bond motifs is 1. The van der Waals surface area contributed by atoms with Gasteiger partial charge in [-0.25, -0.2) is 4.98 Å². The third kappa shape index (κ3) is 1.83. The predicted molar refractivity (Wildman–Crippen MR) is 69.5 cm³/mol. The molecule has 0 atom stereocenters. The van der Waals surface area contributed by atoms with Gasteiger partial charge in [-0.3, -0.25) is 9.78 Å². The fourth-order valence-electron chi connectivity index (χ4n) is 2.45. The van der Waals surface area contributed by atoms with E-state index in [4.69, 9.17) is 0 Å². The molecule has 0 aliphatic heterocycles. The highest BCUT2D eigenvalue weighted by Gasteiger charge is 2.16. The number of H-pyrrole nitrogens is 1. The highest BCUT2D eigenvalue weighted by atomic mass is 16.1. The summed E-state index contributed by atoms with van der Waals surface area (Å²) in [5.74, 6) is 0.596. The molecule has 4 nitrogen and oxygen atoms in total. The topological polar surface area (TPSA) is 58.6 Å². The molecule has 92 valence electrons. The van der Waals surface area contributed by atoms with Gasteiger partial charge >= 0.3 is 0 Å². The minimum atomic E-state index is -0.000229.